The average molecular weight is 253 g/mol. The molecule has 0 aromatic carbocycles. The van der Waals surface area contributed by atoms with Gasteiger partial charge in [0, 0.05) is 18.0 Å². The molecule has 0 saturated carbocycles. The quantitative estimate of drug-likeness (QED) is 0.894. The van der Waals surface area contributed by atoms with Crippen molar-refractivity contribution in [3.8, 4) is 0 Å². The van der Waals surface area contributed by atoms with Crippen LogP contribution in [0.1, 0.15) is 32.4 Å². The lowest BCUT2D eigenvalue weighted by Gasteiger charge is -2.32. The third-order valence-electron chi connectivity index (χ3n) is 3.39. The van der Waals surface area contributed by atoms with Crippen molar-refractivity contribution in [1.82, 2.24) is 10.3 Å². The fourth-order valence-corrected chi connectivity index (χ4v) is 3.27. The van der Waals surface area contributed by atoms with Crippen molar-refractivity contribution in [3.63, 3.8) is 0 Å². The normalized spacial score (nSPS) is 17.6. The first kappa shape index (κ1) is 12.8. The molecule has 0 spiro atoms. The molecule has 4 heteroatoms. The molecule has 0 bridgehead atoms. The second-order valence-electron chi connectivity index (χ2n) is 5.21. The van der Waals surface area contributed by atoms with Crippen LogP contribution < -0.4 is 10.2 Å². The number of nitrogens with zero attached hydrogens (tertiary/aromatic N) is 2. The van der Waals surface area contributed by atoms with E-state index in [0.717, 1.165) is 18.2 Å². The zero-order chi connectivity index (χ0) is 12.3. The first-order chi connectivity index (χ1) is 8.16. The first-order valence-electron chi connectivity index (χ1n) is 6.56. The minimum absolute atomic E-state index is 0.537. The highest BCUT2D eigenvalue weighted by Crippen LogP contribution is 2.25. The molecular weight excluding hydrogens is 230 g/mol. The molecule has 1 saturated heterocycles. The Morgan fingerprint density at radius 2 is 2.18 bits per heavy atom. The van der Waals surface area contributed by atoms with Crippen molar-refractivity contribution < 1.29 is 0 Å². The second kappa shape index (κ2) is 5.83. The van der Waals surface area contributed by atoms with Crippen LogP contribution >= 0.6 is 11.3 Å². The van der Waals surface area contributed by atoms with E-state index in [1.54, 1.807) is 11.3 Å². The third kappa shape index (κ3) is 3.42. The molecule has 0 amide bonds. The predicted octanol–water partition coefficient (Wildman–Crippen LogP) is 2.67. The molecule has 0 atom stereocenters. The van der Waals surface area contributed by atoms with Gasteiger partial charge in [-0.3, -0.25) is 0 Å². The standard InChI is InChI=1S/C13H23N3S/c1-10(2)16(13-15-11(3)9-17-13)8-12-4-6-14-7-5-12/h9-10,12,14H,4-8H2,1-3H3. The average Bonchev–Trinajstić information content (AvgIpc) is 2.73. The molecule has 17 heavy (non-hydrogen) atoms. The number of rotatable bonds is 4. The summed E-state index contributed by atoms with van der Waals surface area (Å²) in [5.74, 6) is 0.822. The van der Waals surface area contributed by atoms with Gasteiger partial charge in [0.1, 0.15) is 0 Å². The molecule has 2 rings (SSSR count). The highest BCUT2D eigenvalue weighted by molar-refractivity contribution is 7.13. The fourth-order valence-electron chi connectivity index (χ4n) is 2.33. The van der Waals surface area contributed by atoms with Crippen LogP contribution in [0.4, 0.5) is 5.13 Å². The zero-order valence-corrected chi connectivity index (χ0v) is 11.9. The molecule has 96 valence electrons. The van der Waals surface area contributed by atoms with Gasteiger partial charge in [0.2, 0.25) is 0 Å². The molecule has 1 N–H and O–H groups in total. The van der Waals surface area contributed by atoms with Gasteiger partial charge in [0.15, 0.2) is 5.13 Å². The number of aryl methyl sites for hydroxylation is 1. The summed E-state index contributed by atoms with van der Waals surface area (Å²) in [6, 6.07) is 0.537. The summed E-state index contributed by atoms with van der Waals surface area (Å²) < 4.78 is 0. The Labute approximate surface area is 108 Å². The van der Waals surface area contributed by atoms with Crippen LogP contribution in [0, 0.1) is 12.8 Å². The molecule has 1 fully saturated rings. The van der Waals surface area contributed by atoms with Crippen molar-refractivity contribution >= 4 is 16.5 Å². The van der Waals surface area contributed by atoms with Crippen LogP contribution in [0.3, 0.4) is 0 Å². The van der Waals surface area contributed by atoms with E-state index in [9.17, 15) is 0 Å². The minimum atomic E-state index is 0.537. The maximum Gasteiger partial charge on any atom is 0.185 e. The molecule has 1 aliphatic heterocycles. The number of hydrogen-bond donors (Lipinski definition) is 1. The van der Waals surface area contributed by atoms with Gasteiger partial charge >= 0.3 is 0 Å². The van der Waals surface area contributed by atoms with E-state index in [2.05, 4.69) is 41.4 Å². The molecule has 0 radical (unpaired) electrons. The molecular formula is C13H23N3S. The van der Waals surface area contributed by atoms with Crippen LogP contribution in [-0.4, -0.2) is 30.7 Å². The number of piperidine rings is 1. The van der Waals surface area contributed by atoms with Crippen LogP contribution in [0.5, 0.6) is 0 Å². The maximum atomic E-state index is 4.63. The van der Waals surface area contributed by atoms with E-state index in [4.69, 9.17) is 0 Å². The van der Waals surface area contributed by atoms with Gasteiger partial charge in [-0.05, 0) is 52.6 Å². The third-order valence-corrected chi connectivity index (χ3v) is 4.39. The molecule has 0 aliphatic carbocycles. The Balaban J connectivity index is 2.01. The summed E-state index contributed by atoms with van der Waals surface area (Å²) in [5, 5.41) is 6.77. The molecule has 1 aromatic heterocycles. The Hall–Kier alpha value is -0.610. The molecule has 3 nitrogen and oxygen atoms in total. The summed E-state index contributed by atoms with van der Waals surface area (Å²) in [4.78, 5) is 7.09. The Morgan fingerprint density at radius 1 is 1.47 bits per heavy atom. The van der Waals surface area contributed by atoms with Gasteiger partial charge in [-0.25, -0.2) is 4.98 Å². The number of thiazole rings is 1. The monoisotopic (exact) mass is 253 g/mol. The lowest BCUT2D eigenvalue weighted by Crippen LogP contribution is -2.39. The van der Waals surface area contributed by atoms with Gasteiger partial charge in [-0.15, -0.1) is 11.3 Å². The fraction of sp³-hybridized carbons (Fsp3) is 0.769. The van der Waals surface area contributed by atoms with E-state index in [0.29, 0.717) is 6.04 Å². The summed E-state index contributed by atoms with van der Waals surface area (Å²) >= 11 is 1.77. The van der Waals surface area contributed by atoms with E-state index in [1.165, 1.54) is 31.1 Å². The molecule has 1 aromatic rings. The minimum Gasteiger partial charge on any atom is -0.345 e. The van der Waals surface area contributed by atoms with Crippen molar-refractivity contribution in [3.05, 3.63) is 11.1 Å². The number of aromatic nitrogens is 1. The van der Waals surface area contributed by atoms with E-state index >= 15 is 0 Å². The Morgan fingerprint density at radius 3 is 2.71 bits per heavy atom. The summed E-state index contributed by atoms with van der Waals surface area (Å²) in [6.07, 6.45) is 2.60. The lowest BCUT2D eigenvalue weighted by molar-refractivity contribution is 0.367. The second-order valence-corrected chi connectivity index (χ2v) is 6.05. The smallest absolute Gasteiger partial charge is 0.185 e. The van der Waals surface area contributed by atoms with Crippen molar-refractivity contribution in [1.29, 1.82) is 0 Å². The molecule has 1 aliphatic rings. The number of anilines is 1. The van der Waals surface area contributed by atoms with Gasteiger partial charge < -0.3 is 10.2 Å². The first-order valence-corrected chi connectivity index (χ1v) is 7.44. The zero-order valence-electron chi connectivity index (χ0n) is 11.1. The molecule has 2 heterocycles. The van der Waals surface area contributed by atoms with Crippen molar-refractivity contribution in [2.24, 2.45) is 5.92 Å². The van der Waals surface area contributed by atoms with E-state index in [-0.39, 0.29) is 0 Å². The van der Waals surface area contributed by atoms with Crippen molar-refractivity contribution in [2.45, 2.75) is 39.7 Å². The maximum absolute atomic E-state index is 4.63. The Kier molecular flexibility index (Phi) is 4.40. The van der Waals surface area contributed by atoms with Crippen LogP contribution in [0.15, 0.2) is 5.38 Å². The SMILES string of the molecule is Cc1csc(N(CC2CCNCC2)C(C)C)n1. The highest BCUT2D eigenvalue weighted by atomic mass is 32.1. The highest BCUT2D eigenvalue weighted by Gasteiger charge is 2.20. The topological polar surface area (TPSA) is 28.2 Å². The van der Waals surface area contributed by atoms with E-state index < -0.39 is 0 Å². The summed E-state index contributed by atoms with van der Waals surface area (Å²) in [6.45, 7) is 10.1. The van der Waals surface area contributed by atoms with Crippen molar-refractivity contribution in [2.75, 3.05) is 24.5 Å². The van der Waals surface area contributed by atoms with Gasteiger partial charge in [-0.2, -0.15) is 0 Å². The summed E-state index contributed by atoms with van der Waals surface area (Å²) in [5.41, 5.74) is 1.14. The number of hydrogen-bond acceptors (Lipinski definition) is 4. The largest absolute Gasteiger partial charge is 0.345 e. The van der Waals surface area contributed by atoms with Gasteiger partial charge in [-0.1, -0.05) is 0 Å². The van der Waals surface area contributed by atoms with Crippen LogP contribution in [-0.2, 0) is 0 Å². The summed E-state index contributed by atoms with van der Waals surface area (Å²) in [7, 11) is 0. The predicted molar refractivity (Wildman–Crippen MR) is 74.9 cm³/mol. The van der Waals surface area contributed by atoms with E-state index in [1.807, 2.05) is 0 Å². The molecule has 0 unspecified atom stereocenters. The lowest BCUT2D eigenvalue weighted by atomic mass is 9.97. The van der Waals surface area contributed by atoms with Crippen LogP contribution in [0.2, 0.25) is 0 Å². The number of nitrogens with one attached hydrogen (secondary N) is 1. The Bertz CT molecular complexity index is 342. The van der Waals surface area contributed by atoms with Gasteiger partial charge in [0.05, 0.1) is 5.69 Å². The van der Waals surface area contributed by atoms with Gasteiger partial charge in [0.25, 0.3) is 0 Å². The van der Waals surface area contributed by atoms with Crippen LogP contribution in [0.25, 0.3) is 0 Å².